The molecule has 170 valence electrons. The van der Waals surface area contributed by atoms with E-state index in [1.165, 1.54) is 30.8 Å². The van der Waals surface area contributed by atoms with Gasteiger partial charge >= 0.3 is 0 Å². The molecule has 2 aromatic carbocycles. The Balaban J connectivity index is 1.60. The van der Waals surface area contributed by atoms with E-state index < -0.39 is 0 Å². The van der Waals surface area contributed by atoms with Crippen LogP contribution in [0.1, 0.15) is 11.4 Å². The van der Waals surface area contributed by atoms with Crippen molar-refractivity contribution >= 4 is 57.1 Å². The van der Waals surface area contributed by atoms with Crippen LogP contribution in [0.25, 0.3) is 16.3 Å². The quantitative estimate of drug-likeness (QED) is 0.125. The number of anilines is 1. The molecule has 0 amide bonds. The molecule has 0 atom stereocenters. The van der Waals surface area contributed by atoms with Gasteiger partial charge in [-0.25, -0.2) is 5.26 Å². The zero-order valence-corrected chi connectivity index (χ0v) is 20.0. The van der Waals surface area contributed by atoms with Gasteiger partial charge in [-0.3, -0.25) is 0 Å². The Morgan fingerprint density at radius 1 is 1.12 bits per heavy atom. The third-order valence-electron chi connectivity index (χ3n) is 4.93. The van der Waals surface area contributed by atoms with Crippen molar-refractivity contribution in [2.45, 2.75) is 17.9 Å². The van der Waals surface area contributed by atoms with Crippen molar-refractivity contribution in [3.05, 3.63) is 58.6 Å². The highest BCUT2D eigenvalue weighted by molar-refractivity contribution is 8.03. The van der Waals surface area contributed by atoms with Crippen LogP contribution in [-0.4, -0.2) is 37.3 Å². The van der Waals surface area contributed by atoms with Gasteiger partial charge in [-0.05, 0) is 18.2 Å². The van der Waals surface area contributed by atoms with Gasteiger partial charge in [0.2, 0.25) is 5.52 Å². The maximum Gasteiger partial charge on any atom is 0.265 e. The zero-order chi connectivity index (χ0) is 22.2. The lowest BCUT2D eigenvalue weighted by Gasteiger charge is -2.20. The van der Waals surface area contributed by atoms with Crippen LogP contribution in [-0.2, 0) is 20.7 Å². The highest BCUT2D eigenvalue weighted by Crippen LogP contribution is 2.46. The van der Waals surface area contributed by atoms with E-state index in [4.69, 9.17) is 15.7 Å². The van der Waals surface area contributed by atoms with E-state index in [1.807, 2.05) is 0 Å². The lowest BCUT2D eigenvalue weighted by Crippen LogP contribution is -2.35. The minimum Gasteiger partial charge on any atom is -0.378 e. The molecule has 0 aliphatic carbocycles. The number of hydrogen-bond donors (Lipinski definition) is 2. The molecule has 7 nitrogen and oxygen atoms in total. The number of thiazole rings is 1. The van der Waals surface area contributed by atoms with Crippen LogP contribution in [0.5, 0.6) is 0 Å². The summed E-state index contributed by atoms with van der Waals surface area (Å²) in [4.78, 5) is 3.58. The molecule has 1 aromatic heterocycles. The van der Waals surface area contributed by atoms with Gasteiger partial charge in [0.15, 0.2) is 6.54 Å². The van der Waals surface area contributed by atoms with Crippen molar-refractivity contribution in [2.75, 3.05) is 37.0 Å². The molecule has 2 heterocycles. The fraction of sp³-hybridized carbons (Fsp3) is 0.318. The highest BCUT2D eigenvalue weighted by Gasteiger charge is 2.27. The van der Waals surface area contributed by atoms with Crippen LogP contribution in [0.15, 0.2) is 58.5 Å². The second-order valence-electron chi connectivity index (χ2n) is 6.98. The number of benzene rings is 2. The average molecular weight is 493 g/mol. The number of ether oxygens (including phenoxy) is 1. The molecule has 4 rings (SSSR count). The molecule has 0 bridgehead atoms. The molecular formula is C22H26N3O4S3+. The Bertz CT molecular complexity index is 1060. The minimum atomic E-state index is 0.531. The third-order valence-corrected chi connectivity index (χ3v) is 7.77. The van der Waals surface area contributed by atoms with Gasteiger partial charge in [-0.1, -0.05) is 52.4 Å². The number of aryl methyl sites for hydroxylation is 1. The van der Waals surface area contributed by atoms with E-state index in [0.29, 0.717) is 25.5 Å². The first-order chi connectivity index (χ1) is 15.8. The van der Waals surface area contributed by atoms with Crippen LogP contribution in [0, 0.1) is 0 Å². The number of rotatable bonds is 12. The Morgan fingerprint density at radius 2 is 1.97 bits per heavy atom. The SMILES string of the molecule is NCCOCCN1C(=Cc2sc3ccccc3[n+]2CCCSOOO)Sc2ccccc21. The molecule has 0 radical (unpaired) electrons. The van der Waals surface area contributed by atoms with E-state index in [0.717, 1.165) is 31.6 Å². The van der Waals surface area contributed by atoms with Gasteiger partial charge in [0.05, 0.1) is 30.0 Å². The fourth-order valence-corrected chi connectivity index (χ4v) is 6.25. The van der Waals surface area contributed by atoms with Crippen molar-refractivity contribution in [3.8, 4) is 0 Å². The predicted octanol–water partition coefficient (Wildman–Crippen LogP) is 4.53. The maximum atomic E-state index is 8.31. The monoisotopic (exact) mass is 492 g/mol. The first-order valence-electron chi connectivity index (χ1n) is 10.4. The molecule has 0 saturated carbocycles. The summed E-state index contributed by atoms with van der Waals surface area (Å²) < 4.78 is 13.8. The Labute approximate surface area is 199 Å². The van der Waals surface area contributed by atoms with Crippen molar-refractivity contribution in [2.24, 2.45) is 5.73 Å². The maximum absolute atomic E-state index is 8.31. The Morgan fingerprint density at radius 3 is 2.84 bits per heavy atom. The molecule has 0 unspecified atom stereocenters. The lowest BCUT2D eigenvalue weighted by atomic mass is 10.3. The molecule has 1 aliphatic heterocycles. The van der Waals surface area contributed by atoms with Gasteiger partial charge in [0.1, 0.15) is 4.70 Å². The molecular weight excluding hydrogens is 466 g/mol. The van der Waals surface area contributed by atoms with Gasteiger partial charge in [-0.2, -0.15) is 4.57 Å². The smallest absolute Gasteiger partial charge is 0.265 e. The first kappa shape index (κ1) is 23.5. The van der Waals surface area contributed by atoms with Crippen LogP contribution in [0.2, 0.25) is 0 Å². The number of para-hydroxylation sites is 2. The average Bonchev–Trinajstić information content (AvgIpc) is 3.34. The summed E-state index contributed by atoms with van der Waals surface area (Å²) in [6.07, 6.45) is 3.15. The highest BCUT2D eigenvalue weighted by atomic mass is 32.2. The summed E-state index contributed by atoms with van der Waals surface area (Å²) in [6, 6.07) is 16.9. The Kier molecular flexibility index (Phi) is 8.83. The molecule has 1 aliphatic rings. The summed E-state index contributed by atoms with van der Waals surface area (Å²) in [5, 5.41) is 14.4. The number of nitrogens with two attached hydrogens (primary N) is 1. The van der Waals surface area contributed by atoms with E-state index in [1.54, 1.807) is 23.1 Å². The van der Waals surface area contributed by atoms with Crippen LogP contribution < -0.4 is 15.2 Å². The number of aromatic nitrogens is 1. The van der Waals surface area contributed by atoms with Crippen molar-refractivity contribution in [1.82, 2.24) is 0 Å². The van der Waals surface area contributed by atoms with Crippen molar-refractivity contribution in [1.29, 1.82) is 0 Å². The number of fused-ring (bicyclic) bond motifs is 2. The van der Waals surface area contributed by atoms with E-state index in [2.05, 4.69) is 73.4 Å². The summed E-state index contributed by atoms with van der Waals surface area (Å²) in [5.74, 6) is 0.707. The fourth-order valence-electron chi connectivity index (χ4n) is 3.57. The van der Waals surface area contributed by atoms with Crippen LogP contribution in [0.3, 0.4) is 0 Å². The molecule has 0 fully saturated rings. The molecule has 0 spiro atoms. The molecule has 32 heavy (non-hydrogen) atoms. The molecule has 3 N–H and O–H groups in total. The van der Waals surface area contributed by atoms with Crippen molar-refractivity contribution < 1.29 is 23.9 Å². The van der Waals surface area contributed by atoms with Crippen LogP contribution in [0.4, 0.5) is 5.69 Å². The molecule has 10 heteroatoms. The number of hydrogen-bond acceptors (Lipinski definition) is 9. The summed E-state index contributed by atoms with van der Waals surface area (Å²) in [7, 11) is 0. The lowest BCUT2D eigenvalue weighted by molar-refractivity contribution is -0.668. The van der Waals surface area contributed by atoms with E-state index in [-0.39, 0.29) is 0 Å². The topological polar surface area (TPSA) is 81.1 Å². The predicted molar refractivity (Wildman–Crippen MR) is 131 cm³/mol. The Hall–Kier alpha value is -1.63. The minimum absolute atomic E-state index is 0.531. The largest absolute Gasteiger partial charge is 0.378 e. The van der Waals surface area contributed by atoms with Gasteiger partial charge in [0, 0.05) is 48.3 Å². The van der Waals surface area contributed by atoms with Crippen molar-refractivity contribution in [3.63, 3.8) is 0 Å². The standard InChI is InChI=1S/C22H25N3O4S3/c23-10-13-27-14-12-25-18-7-2-4-9-20(18)32-22(25)16-21-24(11-5-15-30-29-28-26)17-6-1-3-8-19(17)31-21/h1-4,6-9,16H,5,10-15,23H2/p+1. The normalized spacial score (nSPS) is 14.6. The second kappa shape index (κ2) is 12.0. The van der Waals surface area contributed by atoms with Crippen LogP contribution >= 0.6 is 35.1 Å². The van der Waals surface area contributed by atoms with Gasteiger partial charge in [-0.15, -0.1) is 4.33 Å². The summed E-state index contributed by atoms with van der Waals surface area (Å²) in [5.41, 5.74) is 7.99. The molecule has 3 aromatic rings. The van der Waals surface area contributed by atoms with Gasteiger partial charge < -0.3 is 15.4 Å². The number of thioether (sulfide) groups is 1. The number of nitrogens with zero attached hydrogens (tertiary/aromatic N) is 2. The first-order valence-corrected chi connectivity index (χ1v) is 12.9. The zero-order valence-electron chi connectivity index (χ0n) is 17.5. The summed E-state index contributed by atoms with van der Waals surface area (Å²) in [6.45, 7) is 3.34. The van der Waals surface area contributed by atoms with E-state index >= 15 is 0 Å². The third kappa shape index (κ3) is 5.64. The summed E-state index contributed by atoms with van der Waals surface area (Å²) >= 11 is 4.67. The second-order valence-corrected chi connectivity index (χ2v) is 9.89. The van der Waals surface area contributed by atoms with Gasteiger partial charge in [0.25, 0.3) is 5.01 Å². The molecule has 0 saturated heterocycles. The van der Waals surface area contributed by atoms with E-state index in [9.17, 15) is 0 Å².